The minimum absolute atomic E-state index is 0.0886. The zero-order valence-electron chi connectivity index (χ0n) is 12.4. The summed E-state index contributed by atoms with van der Waals surface area (Å²) in [6.45, 7) is 4.06. The highest BCUT2D eigenvalue weighted by molar-refractivity contribution is 5.78. The number of carboxylic acid groups (broad SMARTS) is 1. The van der Waals surface area contributed by atoms with Crippen LogP contribution in [-0.2, 0) is 4.79 Å². The number of rotatable bonds is 4. The van der Waals surface area contributed by atoms with E-state index < -0.39 is 11.4 Å². The van der Waals surface area contributed by atoms with Gasteiger partial charge >= 0.3 is 12.0 Å². The van der Waals surface area contributed by atoms with E-state index in [0.29, 0.717) is 12.8 Å². The van der Waals surface area contributed by atoms with Gasteiger partial charge in [-0.25, -0.2) is 4.79 Å². The number of nitrogens with one attached hydrogen (secondary N) is 1. The van der Waals surface area contributed by atoms with Crippen molar-refractivity contribution in [1.29, 1.82) is 0 Å². The molecule has 2 rings (SSSR count). The second kappa shape index (κ2) is 6.46. The van der Waals surface area contributed by atoms with Gasteiger partial charge in [0.2, 0.25) is 0 Å². The number of aliphatic carboxylic acids is 1. The smallest absolute Gasteiger partial charge is 0.317 e. The Morgan fingerprint density at radius 1 is 1.25 bits per heavy atom. The number of amides is 2. The molecule has 2 amide bonds. The molecular weight excluding hydrogens is 256 g/mol. The molecule has 0 aromatic carbocycles. The van der Waals surface area contributed by atoms with Gasteiger partial charge in [0.05, 0.1) is 5.41 Å². The fourth-order valence-corrected chi connectivity index (χ4v) is 3.20. The average Bonchev–Trinajstić information content (AvgIpc) is 2.62. The van der Waals surface area contributed by atoms with Crippen LogP contribution in [0.4, 0.5) is 4.79 Å². The van der Waals surface area contributed by atoms with Crippen molar-refractivity contribution in [3.05, 3.63) is 0 Å². The van der Waals surface area contributed by atoms with E-state index in [1.807, 2.05) is 4.90 Å². The molecule has 5 nitrogen and oxygen atoms in total. The molecule has 1 unspecified atom stereocenters. The van der Waals surface area contributed by atoms with Crippen molar-refractivity contribution in [1.82, 2.24) is 10.2 Å². The Balaban J connectivity index is 1.81. The van der Waals surface area contributed by atoms with E-state index in [9.17, 15) is 14.7 Å². The molecule has 1 aliphatic heterocycles. The van der Waals surface area contributed by atoms with Crippen molar-refractivity contribution in [3.8, 4) is 0 Å². The summed E-state index contributed by atoms with van der Waals surface area (Å²) in [7, 11) is 0. The largest absolute Gasteiger partial charge is 0.481 e. The molecule has 1 heterocycles. The molecule has 2 N–H and O–H groups in total. The molecule has 0 radical (unpaired) electrons. The first kappa shape index (κ1) is 15.1. The molecule has 1 saturated carbocycles. The number of nitrogens with zero attached hydrogens (tertiary/aromatic N) is 1. The molecule has 20 heavy (non-hydrogen) atoms. The first-order valence-electron chi connectivity index (χ1n) is 7.83. The number of likely N-dealkylation sites (tertiary alicyclic amines) is 1. The summed E-state index contributed by atoms with van der Waals surface area (Å²) in [6.07, 6.45) is 6.80. The fraction of sp³-hybridized carbons (Fsp3) is 0.867. The lowest BCUT2D eigenvalue weighted by atomic mass is 9.69. The van der Waals surface area contributed by atoms with Crippen LogP contribution in [0, 0.1) is 11.3 Å². The normalized spacial score (nSPS) is 25.4. The Morgan fingerprint density at radius 3 is 2.55 bits per heavy atom. The highest BCUT2D eigenvalue weighted by atomic mass is 16.4. The SMILES string of the molecule is CCC1CCCN(C(=O)NCC2(C(=O)O)CCC2)CC1. The summed E-state index contributed by atoms with van der Waals surface area (Å²) in [5.74, 6) is -0.0456. The lowest BCUT2D eigenvalue weighted by molar-refractivity contribution is -0.153. The van der Waals surface area contributed by atoms with Crippen molar-refractivity contribution in [2.45, 2.75) is 51.9 Å². The molecule has 0 bridgehead atoms. The minimum Gasteiger partial charge on any atom is -0.481 e. The van der Waals surface area contributed by atoms with Gasteiger partial charge in [0.15, 0.2) is 0 Å². The number of hydrogen-bond donors (Lipinski definition) is 2. The summed E-state index contributed by atoms with van der Waals surface area (Å²) in [6, 6.07) is -0.0886. The summed E-state index contributed by atoms with van der Waals surface area (Å²) in [4.78, 5) is 25.3. The van der Waals surface area contributed by atoms with Crippen LogP contribution in [0.2, 0.25) is 0 Å². The monoisotopic (exact) mass is 282 g/mol. The molecule has 2 aliphatic rings. The van der Waals surface area contributed by atoms with Crippen LogP contribution in [0.3, 0.4) is 0 Å². The van der Waals surface area contributed by atoms with Gasteiger partial charge in [-0.2, -0.15) is 0 Å². The summed E-state index contributed by atoms with van der Waals surface area (Å²) < 4.78 is 0. The molecule has 0 aromatic rings. The number of carbonyl (C=O) groups is 2. The van der Waals surface area contributed by atoms with Gasteiger partial charge in [-0.3, -0.25) is 4.79 Å². The maximum Gasteiger partial charge on any atom is 0.317 e. The van der Waals surface area contributed by atoms with Crippen LogP contribution in [-0.4, -0.2) is 41.6 Å². The lowest BCUT2D eigenvalue weighted by Gasteiger charge is -2.38. The van der Waals surface area contributed by atoms with Gasteiger partial charge in [-0.15, -0.1) is 0 Å². The average molecular weight is 282 g/mol. The fourth-order valence-electron chi connectivity index (χ4n) is 3.20. The number of urea groups is 1. The molecular formula is C15H26N2O3. The van der Waals surface area contributed by atoms with Crippen LogP contribution in [0.15, 0.2) is 0 Å². The van der Waals surface area contributed by atoms with E-state index in [1.54, 1.807) is 0 Å². The number of hydrogen-bond acceptors (Lipinski definition) is 2. The molecule has 0 aromatic heterocycles. The van der Waals surface area contributed by atoms with Crippen molar-refractivity contribution in [3.63, 3.8) is 0 Å². The Kier molecular flexibility index (Phi) is 4.89. The van der Waals surface area contributed by atoms with Crippen LogP contribution < -0.4 is 5.32 Å². The second-order valence-corrected chi connectivity index (χ2v) is 6.29. The summed E-state index contributed by atoms with van der Waals surface area (Å²) in [5.41, 5.74) is -0.701. The van der Waals surface area contributed by atoms with E-state index in [1.165, 1.54) is 12.8 Å². The van der Waals surface area contributed by atoms with E-state index in [2.05, 4.69) is 12.2 Å². The van der Waals surface area contributed by atoms with E-state index in [0.717, 1.165) is 38.3 Å². The Labute approximate surface area is 120 Å². The van der Waals surface area contributed by atoms with Crippen molar-refractivity contribution < 1.29 is 14.7 Å². The topological polar surface area (TPSA) is 69.6 Å². The Bertz CT molecular complexity index is 366. The molecule has 2 fully saturated rings. The van der Waals surface area contributed by atoms with Crippen molar-refractivity contribution in [2.75, 3.05) is 19.6 Å². The lowest BCUT2D eigenvalue weighted by Crippen LogP contribution is -2.50. The summed E-state index contributed by atoms with van der Waals surface area (Å²) in [5, 5.41) is 12.1. The molecule has 1 atom stereocenters. The second-order valence-electron chi connectivity index (χ2n) is 6.29. The standard InChI is InChI=1S/C15H26N2O3/c1-2-12-5-3-9-17(10-6-12)14(20)16-11-15(13(18)19)7-4-8-15/h12H,2-11H2,1H3,(H,16,20)(H,18,19). The number of carboxylic acids is 1. The predicted octanol–water partition coefficient (Wildman–Crippen LogP) is 2.46. The van der Waals surface area contributed by atoms with E-state index in [4.69, 9.17) is 0 Å². The van der Waals surface area contributed by atoms with E-state index in [-0.39, 0.29) is 12.6 Å². The van der Waals surface area contributed by atoms with Gasteiger partial charge in [-0.1, -0.05) is 19.8 Å². The highest BCUT2D eigenvalue weighted by Gasteiger charge is 2.44. The molecule has 1 saturated heterocycles. The maximum absolute atomic E-state index is 12.2. The maximum atomic E-state index is 12.2. The van der Waals surface area contributed by atoms with Crippen LogP contribution in [0.5, 0.6) is 0 Å². The minimum atomic E-state index is -0.772. The highest BCUT2D eigenvalue weighted by Crippen LogP contribution is 2.40. The van der Waals surface area contributed by atoms with Crippen LogP contribution >= 0.6 is 0 Å². The Morgan fingerprint density at radius 2 is 2.00 bits per heavy atom. The van der Waals surface area contributed by atoms with Crippen LogP contribution in [0.25, 0.3) is 0 Å². The van der Waals surface area contributed by atoms with Crippen molar-refractivity contribution in [2.24, 2.45) is 11.3 Å². The van der Waals surface area contributed by atoms with Gasteiger partial charge < -0.3 is 15.3 Å². The Hall–Kier alpha value is -1.26. The third-order valence-electron chi connectivity index (χ3n) is 5.05. The van der Waals surface area contributed by atoms with Crippen molar-refractivity contribution >= 4 is 12.0 Å². The first-order valence-corrected chi connectivity index (χ1v) is 7.83. The molecule has 5 heteroatoms. The quantitative estimate of drug-likeness (QED) is 0.832. The zero-order valence-corrected chi connectivity index (χ0v) is 12.4. The first-order chi connectivity index (χ1) is 9.57. The zero-order chi connectivity index (χ0) is 14.6. The third kappa shape index (κ3) is 3.25. The molecule has 0 spiro atoms. The number of carbonyl (C=O) groups excluding carboxylic acids is 1. The molecule has 1 aliphatic carbocycles. The van der Waals surface area contributed by atoms with Gasteiger partial charge in [0, 0.05) is 19.6 Å². The third-order valence-corrected chi connectivity index (χ3v) is 5.05. The van der Waals surface area contributed by atoms with Crippen LogP contribution in [0.1, 0.15) is 51.9 Å². The summed E-state index contributed by atoms with van der Waals surface area (Å²) >= 11 is 0. The predicted molar refractivity (Wildman–Crippen MR) is 76.5 cm³/mol. The van der Waals surface area contributed by atoms with E-state index >= 15 is 0 Å². The van der Waals surface area contributed by atoms with Gasteiger partial charge in [-0.05, 0) is 38.0 Å². The van der Waals surface area contributed by atoms with Gasteiger partial charge in [0.1, 0.15) is 0 Å². The molecule has 114 valence electrons. The van der Waals surface area contributed by atoms with Gasteiger partial charge in [0.25, 0.3) is 0 Å².